The monoisotopic (exact) mass is 264 g/mol. The van der Waals surface area contributed by atoms with Gasteiger partial charge in [0, 0.05) is 13.2 Å². The van der Waals surface area contributed by atoms with Gasteiger partial charge in [-0.25, -0.2) is 9.97 Å². The second-order valence-electron chi connectivity index (χ2n) is 4.68. The molecule has 1 N–H and O–H groups in total. The molecule has 18 heavy (non-hydrogen) atoms. The number of rotatable bonds is 3. The van der Waals surface area contributed by atoms with E-state index >= 15 is 0 Å². The number of ether oxygens (including phenoxy) is 1. The molecule has 3 rings (SSSR count). The van der Waals surface area contributed by atoms with E-state index < -0.39 is 0 Å². The highest BCUT2D eigenvalue weighted by atomic mass is 32.1. The molecule has 2 heterocycles. The summed E-state index contributed by atoms with van der Waals surface area (Å²) in [5, 5.41) is 4.57. The van der Waals surface area contributed by atoms with Crippen molar-refractivity contribution in [2.75, 3.05) is 12.4 Å². The summed E-state index contributed by atoms with van der Waals surface area (Å²) in [7, 11) is 1.78. The quantitative estimate of drug-likeness (QED) is 0.922. The molecule has 0 radical (unpaired) electrons. The molecule has 0 aromatic carbocycles. The Balaban J connectivity index is 1.84. The highest BCUT2D eigenvalue weighted by molar-refractivity contribution is 7.13. The van der Waals surface area contributed by atoms with E-state index in [1.807, 2.05) is 6.92 Å². The number of fused-ring (bicyclic) bond motifs is 1. The Morgan fingerprint density at radius 1 is 1.39 bits per heavy atom. The molecule has 2 aromatic heterocycles. The summed E-state index contributed by atoms with van der Waals surface area (Å²) in [6.45, 7) is 2.00. The number of anilines is 1. The van der Waals surface area contributed by atoms with E-state index in [-0.39, 0.29) is 0 Å². The SMILES string of the molecule is COC1CCC(Nc2ncnc3snc(C)c23)C1. The van der Waals surface area contributed by atoms with E-state index in [4.69, 9.17) is 4.74 Å². The highest BCUT2D eigenvalue weighted by Gasteiger charge is 2.25. The molecule has 0 spiro atoms. The fourth-order valence-corrected chi connectivity index (χ4v) is 3.25. The van der Waals surface area contributed by atoms with Crippen molar-refractivity contribution in [2.24, 2.45) is 0 Å². The normalized spacial score (nSPS) is 23.7. The average Bonchev–Trinajstić information content (AvgIpc) is 2.97. The fraction of sp³-hybridized carbons (Fsp3) is 0.583. The predicted octanol–water partition coefficient (Wildman–Crippen LogP) is 2.37. The van der Waals surface area contributed by atoms with Crippen LogP contribution in [0.25, 0.3) is 10.2 Å². The van der Waals surface area contributed by atoms with Crippen molar-refractivity contribution in [1.29, 1.82) is 0 Å². The largest absolute Gasteiger partial charge is 0.381 e. The highest BCUT2D eigenvalue weighted by Crippen LogP contribution is 2.29. The molecule has 1 aliphatic carbocycles. The Kier molecular flexibility index (Phi) is 3.13. The van der Waals surface area contributed by atoms with Crippen molar-refractivity contribution >= 4 is 27.6 Å². The van der Waals surface area contributed by atoms with Gasteiger partial charge in [-0.1, -0.05) is 0 Å². The second-order valence-corrected chi connectivity index (χ2v) is 5.43. The van der Waals surface area contributed by atoms with E-state index in [9.17, 15) is 0 Å². The molecule has 2 atom stereocenters. The first-order valence-electron chi connectivity index (χ1n) is 6.14. The molecule has 0 saturated heterocycles. The van der Waals surface area contributed by atoms with Crippen LogP contribution >= 0.6 is 11.5 Å². The van der Waals surface area contributed by atoms with Crippen LogP contribution in [0, 0.1) is 6.92 Å². The van der Waals surface area contributed by atoms with Crippen molar-refractivity contribution in [2.45, 2.75) is 38.3 Å². The lowest BCUT2D eigenvalue weighted by atomic mass is 10.2. The number of nitrogens with one attached hydrogen (secondary N) is 1. The summed E-state index contributed by atoms with van der Waals surface area (Å²) in [6, 6.07) is 0.437. The Bertz CT molecular complexity index is 556. The molecule has 96 valence electrons. The van der Waals surface area contributed by atoms with Crippen molar-refractivity contribution in [3.05, 3.63) is 12.0 Å². The second kappa shape index (κ2) is 4.78. The Hall–Kier alpha value is -1.27. The lowest BCUT2D eigenvalue weighted by Crippen LogP contribution is -2.18. The Morgan fingerprint density at radius 2 is 2.28 bits per heavy atom. The molecule has 0 amide bonds. The van der Waals surface area contributed by atoms with Gasteiger partial charge in [-0.2, -0.15) is 4.37 Å². The first kappa shape index (κ1) is 11.8. The zero-order chi connectivity index (χ0) is 12.5. The summed E-state index contributed by atoms with van der Waals surface area (Å²) in [4.78, 5) is 9.56. The maximum Gasteiger partial charge on any atom is 0.149 e. The summed E-state index contributed by atoms with van der Waals surface area (Å²) in [6.07, 6.45) is 5.26. The van der Waals surface area contributed by atoms with Crippen LogP contribution in [0.15, 0.2) is 6.33 Å². The Labute approximate surface area is 110 Å². The molecule has 1 saturated carbocycles. The minimum Gasteiger partial charge on any atom is -0.381 e. The minimum absolute atomic E-state index is 0.376. The van der Waals surface area contributed by atoms with Crippen molar-refractivity contribution < 1.29 is 4.74 Å². The van der Waals surface area contributed by atoms with E-state index in [1.165, 1.54) is 11.5 Å². The van der Waals surface area contributed by atoms with E-state index in [1.54, 1.807) is 13.4 Å². The fourth-order valence-electron chi connectivity index (χ4n) is 2.51. The van der Waals surface area contributed by atoms with Gasteiger partial charge in [0.25, 0.3) is 0 Å². The zero-order valence-electron chi connectivity index (χ0n) is 10.5. The van der Waals surface area contributed by atoms with Crippen LogP contribution in [0.2, 0.25) is 0 Å². The number of aryl methyl sites for hydroxylation is 1. The van der Waals surface area contributed by atoms with Crippen molar-refractivity contribution in [1.82, 2.24) is 14.3 Å². The first-order chi connectivity index (χ1) is 8.78. The van der Waals surface area contributed by atoms with Crippen molar-refractivity contribution in [3.63, 3.8) is 0 Å². The summed E-state index contributed by atoms with van der Waals surface area (Å²) in [5.74, 6) is 0.910. The van der Waals surface area contributed by atoms with Crippen LogP contribution in [0.3, 0.4) is 0 Å². The first-order valence-corrected chi connectivity index (χ1v) is 6.91. The summed E-state index contributed by atoms with van der Waals surface area (Å²) in [5.41, 5.74) is 0.999. The van der Waals surface area contributed by atoms with Gasteiger partial charge in [0.1, 0.15) is 17.0 Å². The maximum atomic E-state index is 5.39. The molecule has 0 bridgehead atoms. The van der Waals surface area contributed by atoms with Gasteiger partial charge in [0.2, 0.25) is 0 Å². The number of hydrogen-bond donors (Lipinski definition) is 1. The lowest BCUT2D eigenvalue weighted by molar-refractivity contribution is 0.108. The van der Waals surface area contributed by atoms with Gasteiger partial charge >= 0.3 is 0 Å². The van der Waals surface area contributed by atoms with Gasteiger partial charge in [0.05, 0.1) is 17.2 Å². The molecule has 5 nitrogen and oxygen atoms in total. The predicted molar refractivity (Wildman–Crippen MR) is 72.0 cm³/mol. The van der Waals surface area contributed by atoms with Gasteiger partial charge < -0.3 is 10.1 Å². The molecular formula is C12H16N4OS. The number of nitrogens with zero attached hydrogens (tertiary/aromatic N) is 3. The molecule has 0 aliphatic heterocycles. The molecule has 6 heteroatoms. The van der Waals surface area contributed by atoms with Gasteiger partial charge in [-0.05, 0) is 37.7 Å². The van der Waals surface area contributed by atoms with Crippen LogP contribution in [0.4, 0.5) is 5.82 Å². The smallest absolute Gasteiger partial charge is 0.149 e. The molecular weight excluding hydrogens is 248 g/mol. The number of aromatic nitrogens is 3. The lowest BCUT2D eigenvalue weighted by Gasteiger charge is -2.14. The van der Waals surface area contributed by atoms with Crippen LogP contribution in [-0.2, 0) is 4.74 Å². The topological polar surface area (TPSA) is 59.9 Å². The van der Waals surface area contributed by atoms with Gasteiger partial charge in [-0.15, -0.1) is 0 Å². The molecule has 2 aromatic rings. The third-order valence-electron chi connectivity index (χ3n) is 3.50. The maximum absolute atomic E-state index is 5.39. The van der Waals surface area contributed by atoms with Gasteiger partial charge in [0.15, 0.2) is 0 Å². The van der Waals surface area contributed by atoms with Gasteiger partial charge in [-0.3, -0.25) is 0 Å². The molecule has 1 aliphatic rings. The third-order valence-corrected chi connectivity index (χ3v) is 4.35. The van der Waals surface area contributed by atoms with Crippen LogP contribution in [0.5, 0.6) is 0 Å². The zero-order valence-corrected chi connectivity index (χ0v) is 11.3. The average molecular weight is 264 g/mol. The Morgan fingerprint density at radius 3 is 3.06 bits per heavy atom. The van der Waals surface area contributed by atoms with E-state index in [2.05, 4.69) is 19.7 Å². The van der Waals surface area contributed by atoms with Crippen LogP contribution < -0.4 is 5.32 Å². The molecule has 2 unspecified atom stereocenters. The third kappa shape index (κ3) is 2.06. The van der Waals surface area contributed by atoms with Crippen LogP contribution in [0.1, 0.15) is 25.0 Å². The number of methoxy groups -OCH3 is 1. The minimum atomic E-state index is 0.376. The van der Waals surface area contributed by atoms with E-state index in [0.29, 0.717) is 12.1 Å². The standard InChI is InChI=1S/C12H16N4OS/c1-7-10-11(13-6-14-12(10)18-16-7)15-8-3-4-9(5-8)17-2/h6,8-9H,3-5H2,1-2H3,(H,13,14,15). The van der Waals surface area contributed by atoms with E-state index in [0.717, 1.165) is 41.0 Å². The van der Waals surface area contributed by atoms with Crippen molar-refractivity contribution in [3.8, 4) is 0 Å². The number of hydrogen-bond acceptors (Lipinski definition) is 6. The molecule has 1 fully saturated rings. The summed E-state index contributed by atoms with van der Waals surface area (Å²) >= 11 is 1.43. The van der Waals surface area contributed by atoms with Crippen LogP contribution in [-0.4, -0.2) is 33.6 Å². The summed E-state index contributed by atoms with van der Waals surface area (Å²) < 4.78 is 9.73.